The largest absolute Gasteiger partial charge is 0.377 e. The van der Waals surface area contributed by atoms with Crippen LogP contribution < -0.4 is 0 Å². The molecule has 0 spiro atoms. The Morgan fingerprint density at radius 3 is 3.23 bits per heavy atom. The van der Waals surface area contributed by atoms with E-state index in [2.05, 4.69) is 36.9 Å². The third-order valence-corrected chi connectivity index (χ3v) is 5.62. The van der Waals surface area contributed by atoms with Crippen molar-refractivity contribution in [1.82, 2.24) is 20.1 Å². The Morgan fingerprint density at radius 1 is 1.50 bits per heavy atom. The maximum atomic E-state index is 6.08. The van der Waals surface area contributed by atoms with Gasteiger partial charge in [0.05, 0.1) is 12.7 Å². The third-order valence-electron chi connectivity index (χ3n) is 4.89. The summed E-state index contributed by atoms with van der Waals surface area (Å²) < 4.78 is 6.08. The van der Waals surface area contributed by atoms with Crippen LogP contribution >= 0.6 is 11.3 Å². The number of H-pyrrole nitrogens is 1. The van der Waals surface area contributed by atoms with Gasteiger partial charge >= 0.3 is 0 Å². The van der Waals surface area contributed by atoms with Crippen LogP contribution in [0.4, 0.5) is 0 Å². The Hall–Kier alpha value is -1.24. The van der Waals surface area contributed by atoms with Crippen molar-refractivity contribution in [1.29, 1.82) is 0 Å². The molecule has 1 N–H and O–H groups in total. The highest BCUT2D eigenvalue weighted by Crippen LogP contribution is 2.36. The van der Waals surface area contributed by atoms with Crippen molar-refractivity contribution < 1.29 is 4.74 Å². The normalized spacial score (nSPS) is 28.9. The van der Waals surface area contributed by atoms with E-state index in [4.69, 9.17) is 4.74 Å². The summed E-state index contributed by atoms with van der Waals surface area (Å²) in [5.41, 5.74) is 1.44. The van der Waals surface area contributed by atoms with Gasteiger partial charge in [0.25, 0.3) is 0 Å². The van der Waals surface area contributed by atoms with Gasteiger partial charge < -0.3 is 4.74 Å². The summed E-state index contributed by atoms with van der Waals surface area (Å²) in [6.07, 6.45) is 2.36. The molecule has 4 heterocycles. The van der Waals surface area contributed by atoms with Gasteiger partial charge in [0.1, 0.15) is 5.82 Å². The van der Waals surface area contributed by atoms with Gasteiger partial charge in [-0.3, -0.25) is 10.00 Å². The van der Waals surface area contributed by atoms with Crippen LogP contribution in [0.2, 0.25) is 0 Å². The summed E-state index contributed by atoms with van der Waals surface area (Å²) in [7, 11) is 0. The van der Waals surface area contributed by atoms with Gasteiger partial charge in [-0.2, -0.15) is 16.4 Å². The molecule has 3 atom stereocenters. The minimum atomic E-state index is 0.295. The van der Waals surface area contributed by atoms with Crippen molar-refractivity contribution in [3.05, 3.63) is 34.0 Å². The van der Waals surface area contributed by atoms with E-state index in [0.29, 0.717) is 17.9 Å². The predicted molar refractivity (Wildman–Crippen MR) is 85.8 cm³/mol. The zero-order valence-electron chi connectivity index (χ0n) is 12.9. The van der Waals surface area contributed by atoms with Crippen molar-refractivity contribution in [2.45, 2.75) is 32.4 Å². The fourth-order valence-corrected chi connectivity index (χ4v) is 4.48. The van der Waals surface area contributed by atoms with Crippen molar-refractivity contribution in [3.63, 3.8) is 0 Å². The minimum Gasteiger partial charge on any atom is -0.377 e. The third kappa shape index (κ3) is 2.95. The zero-order chi connectivity index (χ0) is 14.9. The van der Waals surface area contributed by atoms with Crippen LogP contribution in [0.1, 0.15) is 23.6 Å². The van der Waals surface area contributed by atoms with Crippen molar-refractivity contribution >= 4 is 11.3 Å². The van der Waals surface area contributed by atoms with Gasteiger partial charge in [0.15, 0.2) is 5.82 Å². The maximum Gasteiger partial charge on any atom is 0.153 e. The van der Waals surface area contributed by atoms with Gasteiger partial charge in [-0.25, -0.2) is 4.98 Å². The van der Waals surface area contributed by atoms with E-state index >= 15 is 0 Å². The highest BCUT2D eigenvalue weighted by atomic mass is 32.1. The fraction of sp³-hybridized carbons (Fsp3) is 0.625. The monoisotopic (exact) mass is 318 g/mol. The highest BCUT2D eigenvalue weighted by Gasteiger charge is 2.41. The van der Waals surface area contributed by atoms with E-state index in [0.717, 1.165) is 37.8 Å². The van der Waals surface area contributed by atoms with Gasteiger partial charge in [0, 0.05) is 25.4 Å². The van der Waals surface area contributed by atoms with E-state index in [1.54, 1.807) is 11.3 Å². The Bertz CT molecular complexity index is 611. The summed E-state index contributed by atoms with van der Waals surface area (Å²) in [6.45, 7) is 6.24. The van der Waals surface area contributed by atoms with Crippen LogP contribution in [0.25, 0.3) is 0 Å². The Balaban J connectivity index is 1.35. The molecular weight excluding hydrogens is 296 g/mol. The molecule has 22 heavy (non-hydrogen) atoms. The molecule has 0 amide bonds. The lowest BCUT2D eigenvalue weighted by Crippen LogP contribution is -2.41. The van der Waals surface area contributed by atoms with Crippen molar-refractivity contribution in [3.8, 4) is 0 Å². The van der Waals surface area contributed by atoms with Crippen LogP contribution in [0, 0.1) is 18.8 Å². The number of aromatic amines is 1. The molecule has 0 aliphatic carbocycles. The number of aromatic nitrogens is 3. The number of hydrogen-bond acceptors (Lipinski definition) is 5. The van der Waals surface area contributed by atoms with E-state index in [9.17, 15) is 0 Å². The number of hydrogen-bond donors (Lipinski definition) is 1. The molecule has 118 valence electrons. The molecule has 2 aromatic heterocycles. The quantitative estimate of drug-likeness (QED) is 0.939. The summed E-state index contributed by atoms with van der Waals surface area (Å²) in [5.74, 6) is 3.11. The molecule has 0 saturated carbocycles. The van der Waals surface area contributed by atoms with E-state index in [1.165, 1.54) is 18.5 Å². The number of thiophene rings is 1. The molecule has 0 radical (unpaired) electrons. The number of ether oxygens (including phenoxy) is 1. The molecule has 2 aliphatic rings. The summed E-state index contributed by atoms with van der Waals surface area (Å²) in [6, 6.07) is 2.23. The Kier molecular flexibility index (Phi) is 3.98. The Labute approximate surface area is 134 Å². The topological polar surface area (TPSA) is 54.0 Å². The van der Waals surface area contributed by atoms with Crippen LogP contribution in [0.15, 0.2) is 16.8 Å². The van der Waals surface area contributed by atoms with Crippen molar-refractivity contribution in [2.75, 3.05) is 19.7 Å². The first-order chi connectivity index (χ1) is 10.8. The average molecular weight is 318 g/mol. The second kappa shape index (κ2) is 6.10. The number of likely N-dealkylation sites (tertiary alicyclic amines) is 1. The number of nitrogens with zero attached hydrogens (tertiary/aromatic N) is 3. The molecule has 2 fully saturated rings. The lowest BCUT2D eigenvalue weighted by molar-refractivity contribution is 0.0834. The number of rotatable bonds is 4. The van der Waals surface area contributed by atoms with Gasteiger partial charge in [-0.15, -0.1) is 0 Å². The lowest BCUT2D eigenvalue weighted by atomic mass is 9.83. The Morgan fingerprint density at radius 2 is 2.45 bits per heavy atom. The molecule has 2 aliphatic heterocycles. The number of fused-ring (bicyclic) bond motifs is 1. The first-order valence-corrected chi connectivity index (χ1v) is 8.95. The first-order valence-electron chi connectivity index (χ1n) is 8.01. The molecule has 6 heteroatoms. The molecule has 4 rings (SSSR count). The molecule has 0 unspecified atom stereocenters. The van der Waals surface area contributed by atoms with Crippen molar-refractivity contribution in [2.24, 2.45) is 11.8 Å². The molecule has 2 saturated heterocycles. The highest BCUT2D eigenvalue weighted by molar-refractivity contribution is 7.07. The first kappa shape index (κ1) is 14.4. The fourth-order valence-electron chi connectivity index (χ4n) is 3.82. The van der Waals surface area contributed by atoms with Crippen LogP contribution in [-0.4, -0.2) is 45.9 Å². The number of nitrogens with one attached hydrogen (secondary N) is 1. The molecular formula is C16H22N4OS. The zero-order valence-corrected chi connectivity index (χ0v) is 13.7. The second-order valence-corrected chi connectivity index (χ2v) is 7.27. The summed E-state index contributed by atoms with van der Waals surface area (Å²) in [5, 5.41) is 11.6. The standard InChI is InChI=1S/C16H22N4OS/c1-11-17-16(19-18-11)6-15-14-2-4-20(8-13(14)9-21-15)7-12-3-5-22-10-12/h3,5,10,13-15H,2,4,6-9H2,1H3,(H,17,18,19)/t13-,14-,15-/m0/s1. The summed E-state index contributed by atoms with van der Waals surface area (Å²) >= 11 is 1.78. The van der Waals surface area contributed by atoms with E-state index in [-0.39, 0.29) is 0 Å². The maximum absolute atomic E-state index is 6.08. The molecule has 5 nitrogen and oxygen atoms in total. The van der Waals surface area contributed by atoms with Crippen LogP contribution in [0.5, 0.6) is 0 Å². The van der Waals surface area contributed by atoms with Crippen LogP contribution in [-0.2, 0) is 17.7 Å². The lowest BCUT2D eigenvalue weighted by Gasteiger charge is -2.35. The van der Waals surface area contributed by atoms with E-state index in [1.807, 2.05) is 6.92 Å². The minimum absolute atomic E-state index is 0.295. The van der Waals surface area contributed by atoms with E-state index < -0.39 is 0 Å². The summed E-state index contributed by atoms with van der Waals surface area (Å²) in [4.78, 5) is 7.00. The SMILES string of the molecule is Cc1nc(C[C@@H]2OC[C@@H]3CN(Cc4ccsc4)CC[C@@H]32)n[nH]1. The van der Waals surface area contributed by atoms with Gasteiger partial charge in [-0.05, 0) is 48.2 Å². The molecule has 0 bridgehead atoms. The van der Waals surface area contributed by atoms with Gasteiger partial charge in [0.2, 0.25) is 0 Å². The molecule has 2 aromatic rings. The van der Waals surface area contributed by atoms with Gasteiger partial charge in [-0.1, -0.05) is 0 Å². The second-order valence-electron chi connectivity index (χ2n) is 6.49. The van der Waals surface area contributed by atoms with Crippen LogP contribution in [0.3, 0.4) is 0 Å². The number of aryl methyl sites for hydroxylation is 1. The number of piperidine rings is 1. The average Bonchev–Trinajstić information content (AvgIpc) is 3.23. The predicted octanol–water partition coefficient (Wildman–Crippen LogP) is 2.25. The molecule has 0 aromatic carbocycles. The smallest absolute Gasteiger partial charge is 0.153 e.